The zero-order valence-electron chi connectivity index (χ0n) is 10.0. The first-order valence-electron chi connectivity index (χ1n) is 5.69. The summed E-state index contributed by atoms with van der Waals surface area (Å²) in [5, 5.41) is 11.0. The second kappa shape index (κ2) is 5.00. The topological polar surface area (TPSA) is 69.4 Å². The normalized spacial score (nSPS) is 14.7. The number of rotatable bonds is 3. The number of para-hydroxylation sites is 1. The Morgan fingerprint density at radius 2 is 2.06 bits per heavy atom. The van der Waals surface area contributed by atoms with Gasteiger partial charge >= 0.3 is 5.97 Å². The summed E-state index contributed by atoms with van der Waals surface area (Å²) in [5.74, 6) is -0.388. The Morgan fingerprint density at radius 3 is 2.72 bits per heavy atom. The van der Waals surface area contributed by atoms with Gasteiger partial charge in [0.05, 0.1) is 17.6 Å². The number of hydrogen-bond donors (Lipinski definition) is 0. The van der Waals surface area contributed by atoms with Crippen LogP contribution in [-0.2, 0) is 9.53 Å². The maximum Gasteiger partial charge on any atom is 0.334 e. The van der Waals surface area contributed by atoms with Crippen LogP contribution in [0.15, 0.2) is 29.8 Å². The number of nitro benzene ring substituents is 1. The van der Waals surface area contributed by atoms with Crippen molar-refractivity contribution >= 4 is 17.2 Å². The van der Waals surface area contributed by atoms with E-state index in [0.29, 0.717) is 24.0 Å². The van der Waals surface area contributed by atoms with Crippen molar-refractivity contribution in [2.24, 2.45) is 0 Å². The second-order valence-electron chi connectivity index (χ2n) is 4.08. The third-order valence-electron chi connectivity index (χ3n) is 3.08. The molecule has 0 N–H and O–H groups in total. The molecule has 0 radical (unpaired) electrons. The van der Waals surface area contributed by atoms with Crippen LogP contribution in [0.25, 0.3) is 5.57 Å². The number of ether oxygens (including phenoxy) is 1. The van der Waals surface area contributed by atoms with Crippen LogP contribution in [0, 0.1) is 10.1 Å². The molecule has 1 aromatic rings. The maximum absolute atomic E-state index is 11.6. The molecular formula is C13H13NO4. The Balaban J connectivity index is 2.54. The SMILES string of the molecule is COC(=O)C1=C(c2ccccc2[N+](=O)[O-])CCC1. The third kappa shape index (κ3) is 2.11. The Labute approximate surface area is 104 Å². The molecule has 5 heteroatoms. The van der Waals surface area contributed by atoms with Crippen molar-refractivity contribution in [3.8, 4) is 0 Å². The summed E-state index contributed by atoms with van der Waals surface area (Å²) in [7, 11) is 1.32. The smallest absolute Gasteiger partial charge is 0.334 e. The van der Waals surface area contributed by atoms with Gasteiger partial charge in [0, 0.05) is 11.6 Å². The number of nitrogens with zero attached hydrogens (tertiary/aromatic N) is 1. The van der Waals surface area contributed by atoms with E-state index in [4.69, 9.17) is 4.74 Å². The van der Waals surface area contributed by atoms with Crippen LogP contribution in [0.4, 0.5) is 5.69 Å². The number of carbonyl (C=O) groups excluding carboxylic acids is 1. The fraction of sp³-hybridized carbons (Fsp3) is 0.308. The largest absolute Gasteiger partial charge is 0.466 e. The van der Waals surface area contributed by atoms with Crippen LogP contribution in [0.1, 0.15) is 24.8 Å². The molecule has 5 nitrogen and oxygen atoms in total. The minimum atomic E-state index is -0.421. The van der Waals surface area contributed by atoms with Crippen molar-refractivity contribution < 1.29 is 14.5 Å². The highest BCUT2D eigenvalue weighted by atomic mass is 16.6. The minimum Gasteiger partial charge on any atom is -0.466 e. The molecular weight excluding hydrogens is 234 g/mol. The molecule has 2 rings (SSSR count). The summed E-state index contributed by atoms with van der Waals surface area (Å²) in [6.07, 6.45) is 2.12. The number of esters is 1. The van der Waals surface area contributed by atoms with Crippen LogP contribution < -0.4 is 0 Å². The van der Waals surface area contributed by atoms with Crippen LogP contribution in [0.5, 0.6) is 0 Å². The summed E-state index contributed by atoms with van der Waals surface area (Å²) in [5.41, 5.74) is 1.87. The number of benzene rings is 1. The second-order valence-corrected chi connectivity index (χ2v) is 4.08. The van der Waals surface area contributed by atoms with E-state index >= 15 is 0 Å². The van der Waals surface area contributed by atoms with E-state index in [-0.39, 0.29) is 11.7 Å². The molecule has 0 saturated carbocycles. The van der Waals surface area contributed by atoms with Crippen molar-refractivity contribution in [2.75, 3.05) is 7.11 Å². The highest BCUT2D eigenvalue weighted by Gasteiger charge is 2.26. The van der Waals surface area contributed by atoms with Gasteiger partial charge < -0.3 is 4.74 Å². The molecule has 1 aromatic carbocycles. The highest BCUT2D eigenvalue weighted by Crippen LogP contribution is 2.38. The number of hydrogen-bond acceptors (Lipinski definition) is 4. The summed E-state index contributed by atoms with van der Waals surface area (Å²) < 4.78 is 4.72. The minimum absolute atomic E-state index is 0.0378. The maximum atomic E-state index is 11.6. The van der Waals surface area contributed by atoms with Gasteiger partial charge in [0.2, 0.25) is 0 Å². The molecule has 18 heavy (non-hydrogen) atoms. The number of allylic oxidation sites excluding steroid dienone is 1. The predicted molar refractivity (Wildman–Crippen MR) is 65.9 cm³/mol. The van der Waals surface area contributed by atoms with Gasteiger partial charge in [0.25, 0.3) is 5.69 Å². The van der Waals surface area contributed by atoms with E-state index in [9.17, 15) is 14.9 Å². The highest BCUT2D eigenvalue weighted by molar-refractivity contribution is 5.99. The lowest BCUT2D eigenvalue weighted by Gasteiger charge is -2.06. The third-order valence-corrected chi connectivity index (χ3v) is 3.08. The first kappa shape index (κ1) is 12.3. The van der Waals surface area contributed by atoms with Crippen molar-refractivity contribution in [1.29, 1.82) is 0 Å². The van der Waals surface area contributed by atoms with Crippen LogP contribution >= 0.6 is 0 Å². The van der Waals surface area contributed by atoms with E-state index < -0.39 is 4.92 Å². The summed E-state index contributed by atoms with van der Waals surface area (Å²) >= 11 is 0. The fourth-order valence-corrected chi connectivity index (χ4v) is 2.28. The molecule has 0 amide bonds. The number of carbonyl (C=O) groups is 1. The molecule has 0 bridgehead atoms. The van der Waals surface area contributed by atoms with Gasteiger partial charge in [0.15, 0.2) is 0 Å². The van der Waals surface area contributed by atoms with Crippen molar-refractivity contribution in [3.05, 3.63) is 45.5 Å². The lowest BCUT2D eigenvalue weighted by molar-refractivity contribution is -0.385. The molecule has 0 saturated heterocycles. The summed E-state index contributed by atoms with van der Waals surface area (Å²) in [6, 6.07) is 6.49. The molecule has 94 valence electrons. The molecule has 1 aliphatic carbocycles. The average molecular weight is 247 g/mol. The summed E-state index contributed by atoms with van der Waals surface area (Å²) in [6.45, 7) is 0. The van der Waals surface area contributed by atoms with Gasteiger partial charge in [-0.3, -0.25) is 10.1 Å². The van der Waals surface area contributed by atoms with Gasteiger partial charge in [-0.05, 0) is 30.9 Å². The average Bonchev–Trinajstić information content (AvgIpc) is 2.86. The lowest BCUT2D eigenvalue weighted by Crippen LogP contribution is -2.05. The molecule has 0 aromatic heterocycles. The first-order chi connectivity index (χ1) is 8.65. The van der Waals surface area contributed by atoms with Gasteiger partial charge in [-0.25, -0.2) is 4.79 Å². The Morgan fingerprint density at radius 1 is 1.33 bits per heavy atom. The van der Waals surface area contributed by atoms with E-state index in [1.54, 1.807) is 18.2 Å². The van der Waals surface area contributed by atoms with E-state index in [2.05, 4.69) is 0 Å². The Hall–Kier alpha value is -2.17. The zero-order valence-corrected chi connectivity index (χ0v) is 10.0. The molecule has 0 unspecified atom stereocenters. The molecule has 0 fully saturated rings. The van der Waals surface area contributed by atoms with Crippen LogP contribution in [0.3, 0.4) is 0 Å². The van der Waals surface area contributed by atoms with E-state index in [0.717, 1.165) is 12.0 Å². The van der Waals surface area contributed by atoms with Crippen molar-refractivity contribution in [3.63, 3.8) is 0 Å². The van der Waals surface area contributed by atoms with Gasteiger partial charge in [-0.2, -0.15) is 0 Å². The molecule has 0 atom stereocenters. The quantitative estimate of drug-likeness (QED) is 0.467. The van der Waals surface area contributed by atoms with Crippen molar-refractivity contribution in [1.82, 2.24) is 0 Å². The monoisotopic (exact) mass is 247 g/mol. The van der Waals surface area contributed by atoms with Gasteiger partial charge in [0.1, 0.15) is 0 Å². The molecule has 0 aliphatic heterocycles. The first-order valence-corrected chi connectivity index (χ1v) is 5.69. The molecule has 0 heterocycles. The van der Waals surface area contributed by atoms with E-state index in [1.165, 1.54) is 13.2 Å². The van der Waals surface area contributed by atoms with Gasteiger partial charge in [-0.1, -0.05) is 12.1 Å². The van der Waals surface area contributed by atoms with Crippen molar-refractivity contribution in [2.45, 2.75) is 19.3 Å². The molecule has 1 aliphatic rings. The van der Waals surface area contributed by atoms with Crippen LogP contribution in [-0.4, -0.2) is 18.0 Å². The molecule has 0 spiro atoms. The predicted octanol–water partition coefficient (Wildman–Crippen LogP) is 2.71. The zero-order chi connectivity index (χ0) is 13.1. The lowest BCUT2D eigenvalue weighted by atomic mass is 10.0. The number of nitro groups is 1. The van der Waals surface area contributed by atoms with Crippen LogP contribution in [0.2, 0.25) is 0 Å². The standard InChI is InChI=1S/C13H13NO4/c1-18-13(15)11-7-4-6-9(11)10-5-2-3-8-12(10)14(16)17/h2-3,5,8H,4,6-7H2,1H3. The Bertz CT molecular complexity index is 534. The fourth-order valence-electron chi connectivity index (χ4n) is 2.28. The number of methoxy groups -OCH3 is 1. The van der Waals surface area contributed by atoms with Gasteiger partial charge in [-0.15, -0.1) is 0 Å². The Kier molecular flexibility index (Phi) is 3.41. The summed E-state index contributed by atoms with van der Waals surface area (Å²) in [4.78, 5) is 22.2. The van der Waals surface area contributed by atoms with E-state index in [1.807, 2.05) is 0 Å².